The van der Waals surface area contributed by atoms with Gasteiger partial charge in [-0.3, -0.25) is 4.79 Å². The van der Waals surface area contributed by atoms with Gasteiger partial charge in [-0.2, -0.15) is 0 Å². The first-order chi connectivity index (χ1) is 5.86. The summed E-state index contributed by atoms with van der Waals surface area (Å²) in [4.78, 5) is 11.6. The fourth-order valence-corrected chi connectivity index (χ4v) is 4.54. The van der Waals surface area contributed by atoms with Gasteiger partial charge in [0, 0.05) is 12.3 Å². The summed E-state index contributed by atoms with van der Waals surface area (Å²) in [6.45, 7) is 0. The van der Waals surface area contributed by atoms with Crippen molar-refractivity contribution in [1.29, 1.82) is 0 Å². The van der Waals surface area contributed by atoms with Gasteiger partial charge >= 0.3 is 0 Å². The lowest BCUT2D eigenvalue weighted by molar-refractivity contribution is -0.121. The highest BCUT2D eigenvalue weighted by Crippen LogP contribution is 2.67. The van der Waals surface area contributed by atoms with E-state index < -0.39 is 0 Å². The Balaban J connectivity index is 1.97. The number of Topliss-reactive ketones (excluding diaryl/α,β-unsaturated/α-hetero) is 1. The van der Waals surface area contributed by atoms with E-state index in [2.05, 4.69) is 12.2 Å². The van der Waals surface area contributed by atoms with Crippen molar-refractivity contribution in [2.75, 3.05) is 0 Å². The SMILES string of the molecule is O=C1C[C@H]2[C@H]3C=C[C@H]4[C@H]3C[C@@H]2[C@H]14. The van der Waals surface area contributed by atoms with Crippen molar-refractivity contribution in [2.24, 2.45) is 35.5 Å². The molecule has 2 bridgehead atoms. The molecule has 1 heteroatoms. The van der Waals surface area contributed by atoms with E-state index >= 15 is 0 Å². The van der Waals surface area contributed by atoms with E-state index in [1.165, 1.54) is 6.42 Å². The zero-order chi connectivity index (χ0) is 7.87. The zero-order valence-electron chi connectivity index (χ0n) is 6.94. The molecule has 0 aromatic rings. The summed E-state index contributed by atoms with van der Waals surface area (Å²) in [5, 5.41) is 0. The van der Waals surface area contributed by atoms with Crippen LogP contribution in [0.4, 0.5) is 0 Å². The third-order valence-electron chi connectivity index (χ3n) is 4.82. The lowest BCUT2D eigenvalue weighted by Gasteiger charge is -2.24. The minimum atomic E-state index is 0.468. The van der Waals surface area contributed by atoms with E-state index in [4.69, 9.17) is 0 Å². The third kappa shape index (κ3) is 0.408. The van der Waals surface area contributed by atoms with Crippen LogP contribution in [0, 0.1) is 35.5 Å². The van der Waals surface area contributed by atoms with Crippen LogP contribution in [0.3, 0.4) is 0 Å². The number of carbonyl (C=O) groups is 1. The predicted octanol–water partition coefficient (Wildman–Crippen LogP) is 1.64. The molecule has 1 nitrogen and oxygen atoms in total. The first-order valence-electron chi connectivity index (χ1n) is 5.07. The number of carbonyl (C=O) groups excluding carboxylic acids is 1. The second-order valence-electron chi connectivity index (χ2n) is 4.96. The van der Waals surface area contributed by atoms with Crippen molar-refractivity contribution in [1.82, 2.24) is 0 Å². The quantitative estimate of drug-likeness (QED) is 0.492. The van der Waals surface area contributed by atoms with Crippen LogP contribution in [-0.4, -0.2) is 5.78 Å². The minimum Gasteiger partial charge on any atom is -0.299 e. The van der Waals surface area contributed by atoms with Gasteiger partial charge < -0.3 is 0 Å². The van der Waals surface area contributed by atoms with E-state index in [9.17, 15) is 4.79 Å². The van der Waals surface area contributed by atoms with Crippen LogP contribution in [0.5, 0.6) is 0 Å². The first-order valence-corrected chi connectivity index (χ1v) is 5.07. The van der Waals surface area contributed by atoms with Crippen molar-refractivity contribution in [3.63, 3.8) is 0 Å². The lowest BCUT2D eigenvalue weighted by atomic mass is 9.79. The molecule has 3 saturated carbocycles. The normalized spacial score (nSPS) is 63.8. The van der Waals surface area contributed by atoms with Crippen molar-refractivity contribution in [2.45, 2.75) is 12.8 Å². The summed E-state index contributed by atoms with van der Waals surface area (Å²) >= 11 is 0. The number of rotatable bonds is 0. The molecule has 4 rings (SSSR count). The van der Waals surface area contributed by atoms with Gasteiger partial charge in [-0.1, -0.05) is 12.2 Å². The Labute approximate surface area is 71.8 Å². The average molecular weight is 160 g/mol. The fraction of sp³-hybridized carbons (Fsp3) is 0.727. The molecule has 0 aromatic heterocycles. The molecule has 0 heterocycles. The Hall–Kier alpha value is -0.590. The molecular weight excluding hydrogens is 148 g/mol. The number of hydrogen-bond donors (Lipinski definition) is 0. The molecule has 0 aliphatic heterocycles. The van der Waals surface area contributed by atoms with E-state index in [-0.39, 0.29) is 0 Å². The summed E-state index contributed by atoms with van der Waals surface area (Å²) in [6.07, 6.45) is 7.03. The van der Waals surface area contributed by atoms with Gasteiger partial charge in [0.1, 0.15) is 5.78 Å². The van der Waals surface area contributed by atoms with Crippen molar-refractivity contribution >= 4 is 5.78 Å². The van der Waals surface area contributed by atoms with Crippen LogP contribution in [0.1, 0.15) is 12.8 Å². The molecule has 4 aliphatic carbocycles. The number of allylic oxidation sites excluding steroid dienone is 2. The van der Waals surface area contributed by atoms with Gasteiger partial charge in [-0.25, -0.2) is 0 Å². The van der Waals surface area contributed by atoms with Gasteiger partial charge in [0.2, 0.25) is 0 Å². The van der Waals surface area contributed by atoms with Crippen molar-refractivity contribution < 1.29 is 4.79 Å². The molecule has 0 unspecified atom stereocenters. The molecule has 62 valence electrons. The molecule has 0 aromatic carbocycles. The third-order valence-corrected chi connectivity index (χ3v) is 4.82. The Kier molecular flexibility index (Phi) is 0.768. The van der Waals surface area contributed by atoms with E-state index in [1.807, 2.05) is 0 Å². The average Bonchev–Trinajstić information content (AvgIpc) is 2.58. The monoisotopic (exact) mass is 160 g/mol. The first kappa shape index (κ1) is 5.95. The Morgan fingerprint density at radius 2 is 1.92 bits per heavy atom. The number of fused-ring (bicyclic) bond motifs is 2. The molecule has 0 saturated heterocycles. The van der Waals surface area contributed by atoms with Crippen LogP contribution >= 0.6 is 0 Å². The summed E-state index contributed by atoms with van der Waals surface area (Å²) in [5.41, 5.74) is 0. The maximum Gasteiger partial charge on any atom is 0.137 e. The van der Waals surface area contributed by atoms with Crippen molar-refractivity contribution in [3.8, 4) is 0 Å². The molecular formula is C11H12O. The smallest absolute Gasteiger partial charge is 0.137 e. The van der Waals surface area contributed by atoms with Gasteiger partial charge in [0.25, 0.3) is 0 Å². The van der Waals surface area contributed by atoms with Crippen molar-refractivity contribution in [3.05, 3.63) is 12.2 Å². The van der Waals surface area contributed by atoms with E-state index in [1.54, 1.807) is 0 Å². The Morgan fingerprint density at radius 3 is 2.83 bits per heavy atom. The molecule has 6 atom stereocenters. The van der Waals surface area contributed by atoms with E-state index in [0.717, 1.165) is 30.1 Å². The summed E-state index contributed by atoms with van der Waals surface area (Å²) in [7, 11) is 0. The fourth-order valence-electron chi connectivity index (χ4n) is 4.54. The van der Waals surface area contributed by atoms with Crippen LogP contribution in [0.15, 0.2) is 12.2 Å². The standard InChI is InChI=1S/C11H12O/c12-10-4-8-5-1-2-6-7(5)3-9(8)11(6)10/h1-2,5-9,11H,3-4H2/t5-,6-,7-,8-,9-,11+/m0/s1. The molecule has 3 fully saturated rings. The Morgan fingerprint density at radius 1 is 1.08 bits per heavy atom. The molecule has 4 aliphatic rings. The molecule has 12 heavy (non-hydrogen) atoms. The van der Waals surface area contributed by atoms with Gasteiger partial charge in [-0.15, -0.1) is 0 Å². The number of ketones is 1. The maximum absolute atomic E-state index is 11.6. The highest BCUT2D eigenvalue weighted by molar-refractivity contribution is 5.86. The lowest BCUT2D eigenvalue weighted by Crippen LogP contribution is -2.23. The Bertz CT molecular complexity index is 304. The summed E-state index contributed by atoms with van der Waals surface area (Å²) in [5.74, 6) is 4.99. The van der Waals surface area contributed by atoms with Gasteiger partial charge in [0.15, 0.2) is 0 Å². The second-order valence-corrected chi connectivity index (χ2v) is 4.96. The van der Waals surface area contributed by atoms with Gasteiger partial charge in [0.05, 0.1) is 0 Å². The van der Waals surface area contributed by atoms with Crippen LogP contribution in [0.25, 0.3) is 0 Å². The van der Waals surface area contributed by atoms with Crippen LogP contribution < -0.4 is 0 Å². The summed E-state index contributed by atoms with van der Waals surface area (Å²) in [6, 6.07) is 0. The minimum absolute atomic E-state index is 0.468. The van der Waals surface area contributed by atoms with Crippen LogP contribution in [0.2, 0.25) is 0 Å². The predicted molar refractivity (Wildman–Crippen MR) is 44.3 cm³/mol. The highest BCUT2D eigenvalue weighted by Gasteiger charge is 2.64. The maximum atomic E-state index is 11.6. The zero-order valence-corrected chi connectivity index (χ0v) is 6.94. The topological polar surface area (TPSA) is 17.1 Å². The molecule has 0 N–H and O–H groups in total. The molecule has 0 radical (unpaired) electrons. The van der Waals surface area contributed by atoms with Crippen LogP contribution in [-0.2, 0) is 4.79 Å². The van der Waals surface area contributed by atoms with E-state index in [0.29, 0.717) is 17.6 Å². The second kappa shape index (κ2) is 1.55. The highest BCUT2D eigenvalue weighted by atomic mass is 16.1. The molecule has 0 spiro atoms. The number of hydrogen-bond acceptors (Lipinski definition) is 1. The molecule has 0 amide bonds. The van der Waals surface area contributed by atoms with Gasteiger partial charge in [-0.05, 0) is 36.0 Å². The summed E-state index contributed by atoms with van der Waals surface area (Å²) < 4.78 is 0. The largest absolute Gasteiger partial charge is 0.299 e.